The van der Waals surface area contributed by atoms with Crippen LogP contribution < -0.4 is 5.73 Å². The molecule has 0 aliphatic rings. The fraction of sp³-hybridized carbons (Fsp3) is 0.167. The molecule has 0 radical (unpaired) electrons. The molecule has 1 aromatic heterocycles. The molecule has 0 atom stereocenters. The number of nitrogen functional groups attached to an aromatic ring is 1. The summed E-state index contributed by atoms with van der Waals surface area (Å²) in [5.41, 5.74) is 3.50. The van der Waals surface area contributed by atoms with Gasteiger partial charge in [-0.15, -0.1) is 0 Å². The Morgan fingerprint density at radius 3 is 2.19 bits per heavy atom. The van der Waals surface area contributed by atoms with Crippen LogP contribution in [0.2, 0.25) is 0 Å². The molecule has 21 heavy (non-hydrogen) atoms. The minimum atomic E-state index is -5.86. The van der Waals surface area contributed by atoms with Gasteiger partial charge in [-0.2, -0.15) is 22.0 Å². The van der Waals surface area contributed by atoms with Crippen LogP contribution in [0.15, 0.2) is 30.3 Å². The molecule has 0 unspecified atom stereocenters. The normalized spacial score (nSPS) is 12.4. The predicted molar refractivity (Wildman–Crippen MR) is 66.3 cm³/mol. The number of carbonyl (C=O) groups is 1. The van der Waals surface area contributed by atoms with E-state index in [1.807, 2.05) is 0 Å². The maximum absolute atomic E-state index is 13.4. The van der Waals surface area contributed by atoms with Crippen molar-refractivity contribution in [1.29, 1.82) is 0 Å². The SMILES string of the molecule is Nc1nc(C(F)(F)C(F)(F)F)c(C(=O)c2ccccc2)s1. The first-order valence-electron chi connectivity index (χ1n) is 5.45. The van der Waals surface area contributed by atoms with Gasteiger partial charge in [0, 0.05) is 5.56 Å². The number of aromatic nitrogens is 1. The highest BCUT2D eigenvalue weighted by Crippen LogP contribution is 2.46. The number of rotatable bonds is 3. The van der Waals surface area contributed by atoms with Crippen molar-refractivity contribution in [2.24, 2.45) is 0 Å². The number of halogens is 5. The van der Waals surface area contributed by atoms with E-state index in [1.54, 1.807) is 6.07 Å². The summed E-state index contributed by atoms with van der Waals surface area (Å²) in [6.07, 6.45) is -5.86. The molecule has 0 bridgehead atoms. The van der Waals surface area contributed by atoms with Crippen molar-refractivity contribution in [2.75, 3.05) is 5.73 Å². The smallest absolute Gasteiger partial charge is 0.375 e. The number of hydrogen-bond acceptors (Lipinski definition) is 4. The van der Waals surface area contributed by atoms with Crippen molar-refractivity contribution < 1.29 is 26.7 Å². The molecule has 0 saturated heterocycles. The fourth-order valence-corrected chi connectivity index (χ4v) is 2.39. The van der Waals surface area contributed by atoms with Crippen LogP contribution in [-0.4, -0.2) is 16.9 Å². The molecule has 0 saturated carbocycles. The van der Waals surface area contributed by atoms with E-state index in [0.717, 1.165) is 0 Å². The van der Waals surface area contributed by atoms with Gasteiger partial charge in [-0.25, -0.2) is 4.98 Å². The Bertz CT molecular complexity index is 666. The van der Waals surface area contributed by atoms with Crippen LogP contribution in [0.1, 0.15) is 20.9 Å². The first kappa shape index (κ1) is 15.4. The zero-order chi connectivity index (χ0) is 15.8. The molecule has 112 valence electrons. The number of benzene rings is 1. The molecule has 1 heterocycles. The average Bonchev–Trinajstić information content (AvgIpc) is 2.80. The Kier molecular flexibility index (Phi) is 3.70. The third kappa shape index (κ3) is 2.73. The van der Waals surface area contributed by atoms with Gasteiger partial charge < -0.3 is 5.73 Å². The number of alkyl halides is 5. The highest BCUT2D eigenvalue weighted by molar-refractivity contribution is 7.17. The van der Waals surface area contributed by atoms with Crippen LogP contribution in [0.25, 0.3) is 0 Å². The Morgan fingerprint density at radius 2 is 1.67 bits per heavy atom. The standard InChI is InChI=1S/C12H7F5N2OS/c13-11(14,12(15,16)17)9-8(21-10(18)19-9)7(20)6-4-2-1-3-5-6/h1-5H,(H2,18,19). The van der Waals surface area contributed by atoms with Gasteiger partial charge in [-0.3, -0.25) is 4.79 Å². The minimum absolute atomic E-state index is 0.0274. The summed E-state index contributed by atoms with van der Waals surface area (Å²) < 4.78 is 64.2. The van der Waals surface area contributed by atoms with Gasteiger partial charge in [-0.1, -0.05) is 41.7 Å². The number of anilines is 1. The van der Waals surface area contributed by atoms with E-state index in [9.17, 15) is 26.7 Å². The van der Waals surface area contributed by atoms with Crippen molar-refractivity contribution in [3.05, 3.63) is 46.5 Å². The summed E-state index contributed by atoms with van der Waals surface area (Å²) in [5.74, 6) is -6.23. The lowest BCUT2D eigenvalue weighted by Gasteiger charge is -2.18. The molecular weight excluding hydrogens is 315 g/mol. The van der Waals surface area contributed by atoms with Crippen LogP contribution >= 0.6 is 11.3 Å². The fourth-order valence-electron chi connectivity index (χ4n) is 1.56. The van der Waals surface area contributed by atoms with Crippen molar-refractivity contribution in [3.63, 3.8) is 0 Å². The van der Waals surface area contributed by atoms with Gasteiger partial charge in [0.25, 0.3) is 0 Å². The molecule has 3 nitrogen and oxygen atoms in total. The van der Waals surface area contributed by atoms with Gasteiger partial charge in [0.1, 0.15) is 10.6 Å². The van der Waals surface area contributed by atoms with Crippen molar-refractivity contribution >= 4 is 22.3 Å². The number of thiazole rings is 1. The Labute approximate surface area is 119 Å². The second-order valence-corrected chi connectivity index (χ2v) is 5.03. The van der Waals surface area contributed by atoms with Crippen molar-refractivity contribution in [2.45, 2.75) is 12.1 Å². The highest BCUT2D eigenvalue weighted by Gasteiger charge is 2.61. The second kappa shape index (κ2) is 5.06. The van der Waals surface area contributed by atoms with Crippen molar-refractivity contribution in [3.8, 4) is 0 Å². The van der Waals surface area contributed by atoms with E-state index < -0.39 is 33.6 Å². The molecule has 0 aliphatic heterocycles. The van der Waals surface area contributed by atoms with Gasteiger partial charge in [0.15, 0.2) is 5.13 Å². The molecule has 9 heteroatoms. The van der Waals surface area contributed by atoms with E-state index >= 15 is 0 Å². The predicted octanol–water partition coefficient (Wildman–Crippen LogP) is 3.61. The Balaban J connectivity index is 2.55. The van der Waals surface area contributed by atoms with E-state index in [4.69, 9.17) is 5.73 Å². The Hall–Kier alpha value is -2.03. The van der Waals surface area contributed by atoms with Gasteiger partial charge >= 0.3 is 12.1 Å². The van der Waals surface area contributed by atoms with E-state index in [0.29, 0.717) is 11.3 Å². The number of ketones is 1. The van der Waals surface area contributed by atoms with E-state index in [1.165, 1.54) is 24.3 Å². The number of nitrogens with two attached hydrogens (primary N) is 1. The maximum Gasteiger partial charge on any atom is 0.459 e. The third-order valence-electron chi connectivity index (χ3n) is 2.54. The number of nitrogens with zero attached hydrogens (tertiary/aromatic N) is 1. The summed E-state index contributed by atoms with van der Waals surface area (Å²) in [5, 5.41) is -0.534. The largest absolute Gasteiger partial charge is 0.459 e. The van der Waals surface area contributed by atoms with E-state index in [2.05, 4.69) is 4.98 Å². The molecular formula is C12H7F5N2OS. The Morgan fingerprint density at radius 1 is 1.10 bits per heavy atom. The van der Waals surface area contributed by atoms with E-state index in [-0.39, 0.29) is 5.56 Å². The lowest BCUT2D eigenvalue weighted by atomic mass is 10.1. The minimum Gasteiger partial charge on any atom is -0.375 e. The van der Waals surface area contributed by atoms with Crippen LogP contribution in [-0.2, 0) is 5.92 Å². The van der Waals surface area contributed by atoms with Gasteiger partial charge in [0.05, 0.1) is 0 Å². The molecule has 0 spiro atoms. The topological polar surface area (TPSA) is 56.0 Å². The lowest BCUT2D eigenvalue weighted by molar-refractivity contribution is -0.290. The second-order valence-electron chi connectivity index (χ2n) is 4.00. The zero-order valence-electron chi connectivity index (χ0n) is 10.1. The van der Waals surface area contributed by atoms with Crippen molar-refractivity contribution in [1.82, 2.24) is 4.98 Å². The monoisotopic (exact) mass is 322 g/mol. The van der Waals surface area contributed by atoms with Gasteiger partial charge in [-0.05, 0) is 0 Å². The summed E-state index contributed by atoms with van der Waals surface area (Å²) in [7, 11) is 0. The molecule has 0 fully saturated rings. The molecule has 0 amide bonds. The average molecular weight is 322 g/mol. The number of carbonyl (C=O) groups excluding carboxylic acids is 1. The van der Waals surface area contributed by atoms with Crippen LogP contribution in [0, 0.1) is 0 Å². The molecule has 2 N–H and O–H groups in total. The zero-order valence-corrected chi connectivity index (χ0v) is 10.9. The van der Waals surface area contributed by atoms with Gasteiger partial charge in [0.2, 0.25) is 5.78 Å². The maximum atomic E-state index is 13.4. The molecule has 2 rings (SSSR count). The summed E-state index contributed by atoms with van der Waals surface area (Å²) >= 11 is 0.297. The molecule has 2 aromatic rings. The first-order chi connectivity index (χ1) is 9.64. The van der Waals surface area contributed by atoms with Crippen LogP contribution in [0.3, 0.4) is 0 Å². The number of hydrogen-bond donors (Lipinski definition) is 1. The third-order valence-corrected chi connectivity index (χ3v) is 3.42. The van der Waals surface area contributed by atoms with Crippen LogP contribution in [0.4, 0.5) is 27.1 Å². The molecule has 0 aliphatic carbocycles. The quantitative estimate of drug-likeness (QED) is 0.694. The lowest BCUT2D eigenvalue weighted by Crippen LogP contribution is -2.35. The molecule has 1 aromatic carbocycles. The summed E-state index contributed by atoms with van der Waals surface area (Å²) in [6.45, 7) is 0. The highest BCUT2D eigenvalue weighted by atomic mass is 32.1. The summed E-state index contributed by atoms with van der Waals surface area (Å²) in [4.78, 5) is 14.3. The summed E-state index contributed by atoms with van der Waals surface area (Å²) in [6, 6.07) is 7.09. The first-order valence-corrected chi connectivity index (χ1v) is 6.27. The van der Waals surface area contributed by atoms with Crippen LogP contribution in [0.5, 0.6) is 0 Å².